The topological polar surface area (TPSA) is 133 Å². The number of thiazole rings is 1. The second-order valence-corrected chi connectivity index (χ2v) is 10.3. The molecule has 0 saturated carbocycles. The van der Waals surface area contributed by atoms with Crippen LogP contribution >= 0.6 is 11.3 Å². The molecule has 0 aliphatic carbocycles. The molecule has 33 heavy (non-hydrogen) atoms. The lowest BCUT2D eigenvalue weighted by atomic mass is 10.1. The van der Waals surface area contributed by atoms with Crippen LogP contribution in [-0.2, 0) is 16.4 Å². The van der Waals surface area contributed by atoms with Crippen LogP contribution in [0.2, 0.25) is 0 Å². The molecule has 1 amide bonds. The number of aromatic nitrogens is 4. The zero-order valence-corrected chi connectivity index (χ0v) is 19.9. The van der Waals surface area contributed by atoms with Gasteiger partial charge in [0.05, 0.1) is 16.3 Å². The van der Waals surface area contributed by atoms with E-state index < -0.39 is 10.0 Å². The van der Waals surface area contributed by atoms with Crippen molar-refractivity contribution < 1.29 is 13.2 Å². The molecule has 0 saturated heterocycles. The lowest BCUT2D eigenvalue weighted by molar-refractivity contribution is 0.102. The maximum Gasteiger partial charge on any atom is 0.279 e. The zero-order chi connectivity index (χ0) is 23.8. The molecule has 9 nitrogen and oxygen atoms in total. The summed E-state index contributed by atoms with van der Waals surface area (Å²) in [5.41, 5.74) is 4.90. The number of amides is 1. The molecule has 3 N–H and O–H groups in total. The number of aryl methyl sites for hydroxylation is 2. The fourth-order valence-electron chi connectivity index (χ4n) is 3.24. The predicted molar refractivity (Wildman–Crippen MR) is 126 cm³/mol. The Morgan fingerprint density at radius 1 is 1.09 bits per heavy atom. The van der Waals surface area contributed by atoms with Gasteiger partial charge in [-0.2, -0.15) is 0 Å². The average Bonchev–Trinajstić information content (AvgIpc) is 3.36. The number of carbonyl (C=O) groups excluding carboxylic acids is 1. The zero-order valence-electron chi connectivity index (χ0n) is 18.2. The van der Waals surface area contributed by atoms with Crippen LogP contribution in [0.25, 0.3) is 5.69 Å². The van der Waals surface area contributed by atoms with Crippen LogP contribution in [0.5, 0.6) is 0 Å². The number of anilines is 1. The first-order valence-corrected chi connectivity index (χ1v) is 12.4. The van der Waals surface area contributed by atoms with Gasteiger partial charge in [0.2, 0.25) is 10.0 Å². The van der Waals surface area contributed by atoms with Gasteiger partial charge in [-0.05, 0) is 61.7 Å². The van der Waals surface area contributed by atoms with Gasteiger partial charge in [-0.1, -0.05) is 23.4 Å². The molecular formula is C22H22N6O3S2. The number of carbonyl (C=O) groups is 1. The fraction of sp³-hybridized carbons (Fsp3) is 0.182. The second-order valence-electron chi connectivity index (χ2n) is 7.66. The number of nitrogens with zero attached hydrogens (tertiary/aromatic N) is 4. The number of hydrogen-bond donors (Lipinski definition) is 2. The molecule has 0 atom stereocenters. The standard InChI is InChI=1S/C22H22N6O3S2/c1-13-4-7-17(10-14(13)2)28-15(3)20(26-27-28)21(29)25-22-24-12-18(32-22)11-16-5-8-19(9-6-16)33(23,30)31/h4-10,12H,11H2,1-3H3,(H2,23,30,31)(H,24,25,29). The molecule has 4 aromatic rings. The van der Waals surface area contributed by atoms with E-state index in [0.29, 0.717) is 17.2 Å². The van der Waals surface area contributed by atoms with Gasteiger partial charge in [-0.3, -0.25) is 10.1 Å². The van der Waals surface area contributed by atoms with Crippen LogP contribution in [0.4, 0.5) is 5.13 Å². The van der Waals surface area contributed by atoms with Crippen molar-refractivity contribution in [3.05, 3.63) is 81.6 Å². The predicted octanol–water partition coefficient (Wildman–Crippen LogP) is 3.14. The molecule has 4 rings (SSSR count). The van der Waals surface area contributed by atoms with Crippen molar-refractivity contribution in [3.63, 3.8) is 0 Å². The summed E-state index contributed by atoms with van der Waals surface area (Å²) in [6, 6.07) is 12.3. The van der Waals surface area contributed by atoms with E-state index in [9.17, 15) is 13.2 Å². The monoisotopic (exact) mass is 482 g/mol. The molecule has 170 valence electrons. The minimum absolute atomic E-state index is 0.0627. The largest absolute Gasteiger partial charge is 0.296 e. The molecule has 0 unspecified atom stereocenters. The Morgan fingerprint density at radius 2 is 1.82 bits per heavy atom. The molecular weight excluding hydrogens is 460 g/mol. The van der Waals surface area contributed by atoms with Crippen molar-refractivity contribution in [2.75, 3.05) is 5.32 Å². The lowest BCUT2D eigenvalue weighted by Gasteiger charge is -2.06. The van der Waals surface area contributed by atoms with E-state index in [0.717, 1.165) is 21.7 Å². The molecule has 2 aromatic heterocycles. The molecule has 0 aliphatic heterocycles. The van der Waals surface area contributed by atoms with Crippen molar-refractivity contribution in [2.24, 2.45) is 5.14 Å². The van der Waals surface area contributed by atoms with Gasteiger partial charge in [-0.15, -0.1) is 16.4 Å². The number of nitrogens with one attached hydrogen (secondary N) is 1. The maximum atomic E-state index is 12.8. The van der Waals surface area contributed by atoms with Crippen LogP contribution in [0.15, 0.2) is 53.6 Å². The molecule has 0 bridgehead atoms. The van der Waals surface area contributed by atoms with E-state index in [1.54, 1.807) is 29.9 Å². The van der Waals surface area contributed by atoms with Crippen molar-refractivity contribution in [1.82, 2.24) is 20.0 Å². The summed E-state index contributed by atoms with van der Waals surface area (Å²) < 4.78 is 24.4. The second kappa shape index (κ2) is 8.85. The number of hydrogen-bond acceptors (Lipinski definition) is 7. The smallest absolute Gasteiger partial charge is 0.279 e. The van der Waals surface area contributed by atoms with Gasteiger partial charge in [0.15, 0.2) is 10.8 Å². The molecule has 0 spiro atoms. The van der Waals surface area contributed by atoms with Gasteiger partial charge >= 0.3 is 0 Å². The van der Waals surface area contributed by atoms with E-state index in [4.69, 9.17) is 5.14 Å². The van der Waals surface area contributed by atoms with Crippen LogP contribution in [0.1, 0.15) is 37.7 Å². The highest BCUT2D eigenvalue weighted by atomic mass is 32.2. The minimum Gasteiger partial charge on any atom is -0.296 e. The van der Waals surface area contributed by atoms with Crippen LogP contribution in [-0.4, -0.2) is 34.3 Å². The fourth-order valence-corrected chi connectivity index (χ4v) is 4.60. The summed E-state index contributed by atoms with van der Waals surface area (Å²) in [7, 11) is -3.72. The van der Waals surface area contributed by atoms with Gasteiger partial charge in [0.1, 0.15) is 0 Å². The Kier molecular flexibility index (Phi) is 6.11. The Labute approximate surface area is 195 Å². The highest BCUT2D eigenvalue weighted by Crippen LogP contribution is 2.23. The number of nitrogens with two attached hydrogens (primary N) is 1. The van der Waals surface area contributed by atoms with Gasteiger partial charge in [0.25, 0.3) is 5.91 Å². The van der Waals surface area contributed by atoms with Crippen molar-refractivity contribution in [1.29, 1.82) is 0 Å². The Bertz CT molecular complexity index is 1440. The Morgan fingerprint density at radius 3 is 2.48 bits per heavy atom. The average molecular weight is 483 g/mol. The van der Waals surface area contributed by atoms with Crippen LogP contribution < -0.4 is 10.5 Å². The Hall–Kier alpha value is -3.41. The summed E-state index contributed by atoms with van der Waals surface area (Å²) in [5.74, 6) is -0.388. The molecule has 2 aromatic carbocycles. The summed E-state index contributed by atoms with van der Waals surface area (Å²) in [5, 5.41) is 16.5. The Balaban J connectivity index is 1.46. The van der Waals surface area contributed by atoms with Crippen molar-refractivity contribution in [3.8, 4) is 5.69 Å². The van der Waals surface area contributed by atoms with Crippen LogP contribution in [0, 0.1) is 20.8 Å². The molecule has 0 radical (unpaired) electrons. The van der Waals surface area contributed by atoms with Crippen molar-refractivity contribution >= 4 is 32.4 Å². The number of rotatable bonds is 6. The maximum absolute atomic E-state index is 12.8. The highest BCUT2D eigenvalue weighted by Gasteiger charge is 2.19. The normalized spacial score (nSPS) is 11.5. The van der Waals surface area contributed by atoms with Crippen molar-refractivity contribution in [2.45, 2.75) is 32.1 Å². The van der Waals surface area contributed by atoms with Gasteiger partial charge < -0.3 is 0 Å². The van der Waals surface area contributed by atoms with Crippen LogP contribution in [0.3, 0.4) is 0 Å². The summed E-state index contributed by atoms with van der Waals surface area (Å²) in [4.78, 5) is 18.0. The third-order valence-corrected chi connectivity index (χ3v) is 7.09. The first-order chi connectivity index (χ1) is 15.6. The minimum atomic E-state index is -3.72. The van der Waals surface area contributed by atoms with E-state index in [-0.39, 0.29) is 16.5 Å². The molecule has 0 aliphatic rings. The number of primary sulfonamides is 1. The van der Waals surface area contributed by atoms with E-state index in [2.05, 4.69) is 20.6 Å². The summed E-state index contributed by atoms with van der Waals surface area (Å²) >= 11 is 1.33. The quantitative estimate of drug-likeness (QED) is 0.434. The third-order valence-electron chi connectivity index (χ3n) is 5.25. The van der Waals surface area contributed by atoms with E-state index in [1.807, 2.05) is 32.0 Å². The summed E-state index contributed by atoms with van der Waals surface area (Å²) in [6.07, 6.45) is 2.22. The summed E-state index contributed by atoms with van der Waals surface area (Å²) in [6.45, 7) is 5.85. The number of benzene rings is 2. The van der Waals surface area contributed by atoms with E-state index >= 15 is 0 Å². The first kappa shape index (κ1) is 22.8. The third kappa shape index (κ3) is 5.00. The molecule has 0 fully saturated rings. The first-order valence-electron chi connectivity index (χ1n) is 9.99. The van der Waals surface area contributed by atoms with Gasteiger partial charge in [0, 0.05) is 17.5 Å². The number of sulfonamides is 1. The lowest BCUT2D eigenvalue weighted by Crippen LogP contribution is -2.14. The molecule has 2 heterocycles. The van der Waals surface area contributed by atoms with Gasteiger partial charge in [-0.25, -0.2) is 23.2 Å². The molecule has 11 heteroatoms. The van der Waals surface area contributed by atoms with E-state index in [1.165, 1.54) is 29.0 Å². The highest BCUT2D eigenvalue weighted by molar-refractivity contribution is 7.89. The SMILES string of the molecule is Cc1ccc(-n2nnc(C(=O)Nc3ncc(Cc4ccc(S(N)(=O)=O)cc4)s3)c2C)cc1C.